The van der Waals surface area contributed by atoms with Crippen LogP contribution in [0.3, 0.4) is 0 Å². The molecule has 1 nitrogen and oxygen atoms in total. The second-order valence-electron chi connectivity index (χ2n) is 4.60. The number of rotatable bonds is 5. The molecular formula is C13H16Br2O. The molecule has 1 atom stereocenters. The maximum Gasteiger partial charge on any atom is 0.101 e. The van der Waals surface area contributed by atoms with Gasteiger partial charge in [-0.1, -0.05) is 50.1 Å². The van der Waals surface area contributed by atoms with Gasteiger partial charge in [-0.25, -0.2) is 0 Å². The zero-order valence-corrected chi connectivity index (χ0v) is 12.6. The predicted molar refractivity (Wildman–Crippen MR) is 74.0 cm³/mol. The largest absolute Gasteiger partial charge is 0.369 e. The summed E-state index contributed by atoms with van der Waals surface area (Å²) in [6.45, 7) is 3.02. The Hall–Kier alpha value is 0.140. The highest BCUT2D eigenvalue weighted by molar-refractivity contribution is 9.10. The van der Waals surface area contributed by atoms with Crippen LogP contribution in [0.5, 0.6) is 0 Å². The van der Waals surface area contributed by atoms with E-state index < -0.39 is 0 Å². The quantitative estimate of drug-likeness (QED) is 0.713. The van der Waals surface area contributed by atoms with Gasteiger partial charge < -0.3 is 4.74 Å². The molecule has 1 aliphatic carbocycles. The van der Waals surface area contributed by atoms with Crippen LogP contribution >= 0.6 is 31.9 Å². The number of hydrogen-bond acceptors (Lipinski definition) is 1. The van der Waals surface area contributed by atoms with Gasteiger partial charge in [-0.2, -0.15) is 0 Å². The van der Waals surface area contributed by atoms with Gasteiger partial charge in [0.1, 0.15) is 5.60 Å². The Bertz CT molecular complexity index is 363. The second-order valence-corrected chi connectivity index (χ2v) is 6.01. The Morgan fingerprint density at radius 2 is 2.06 bits per heavy atom. The van der Waals surface area contributed by atoms with Crippen LogP contribution in [0.4, 0.5) is 0 Å². The summed E-state index contributed by atoms with van der Waals surface area (Å²) in [6.07, 6.45) is 2.66. The molecule has 0 heterocycles. The lowest BCUT2D eigenvalue weighted by Gasteiger charge is -2.29. The van der Waals surface area contributed by atoms with E-state index in [4.69, 9.17) is 4.74 Å². The van der Waals surface area contributed by atoms with Crippen LogP contribution in [0.15, 0.2) is 28.7 Å². The summed E-state index contributed by atoms with van der Waals surface area (Å²) in [5, 5.41) is 0.815. The van der Waals surface area contributed by atoms with Crippen LogP contribution in [0.1, 0.15) is 25.3 Å². The lowest BCUT2D eigenvalue weighted by molar-refractivity contribution is -0.0230. The molecule has 1 aliphatic rings. The zero-order valence-electron chi connectivity index (χ0n) is 9.38. The third-order valence-corrected chi connectivity index (χ3v) is 4.79. The molecule has 0 aromatic heterocycles. The van der Waals surface area contributed by atoms with Gasteiger partial charge in [0.2, 0.25) is 0 Å². The highest BCUT2D eigenvalue weighted by Crippen LogP contribution is 2.36. The van der Waals surface area contributed by atoms with Crippen LogP contribution in [0, 0.1) is 5.92 Å². The van der Waals surface area contributed by atoms with Crippen molar-refractivity contribution in [2.75, 3.05) is 11.9 Å². The van der Waals surface area contributed by atoms with Crippen molar-refractivity contribution in [3.63, 3.8) is 0 Å². The van der Waals surface area contributed by atoms with Crippen LogP contribution in [-0.4, -0.2) is 11.9 Å². The lowest BCUT2D eigenvalue weighted by Crippen LogP contribution is -2.29. The summed E-state index contributed by atoms with van der Waals surface area (Å²) in [5.74, 6) is 0.792. The summed E-state index contributed by atoms with van der Waals surface area (Å²) in [6, 6.07) is 8.28. The van der Waals surface area contributed by atoms with Crippen molar-refractivity contribution >= 4 is 31.9 Å². The zero-order chi connectivity index (χ0) is 11.6. The van der Waals surface area contributed by atoms with Crippen LogP contribution in [0.2, 0.25) is 0 Å². The molecule has 0 aliphatic heterocycles. The van der Waals surface area contributed by atoms with E-state index in [0.717, 1.165) is 22.3 Å². The molecular weight excluding hydrogens is 332 g/mol. The first-order valence-electron chi connectivity index (χ1n) is 5.60. The summed E-state index contributed by atoms with van der Waals surface area (Å²) < 4.78 is 7.21. The smallest absolute Gasteiger partial charge is 0.101 e. The molecule has 1 aromatic carbocycles. The molecule has 1 unspecified atom stereocenters. The van der Waals surface area contributed by atoms with Gasteiger partial charge in [0.15, 0.2) is 0 Å². The number of alkyl halides is 1. The molecule has 0 N–H and O–H groups in total. The molecule has 3 heteroatoms. The van der Waals surface area contributed by atoms with Crippen molar-refractivity contribution in [1.82, 2.24) is 0 Å². The van der Waals surface area contributed by atoms with Crippen molar-refractivity contribution < 1.29 is 4.74 Å². The first-order chi connectivity index (χ1) is 7.65. The van der Waals surface area contributed by atoms with E-state index in [0.29, 0.717) is 0 Å². The number of halogens is 2. The van der Waals surface area contributed by atoms with Crippen LogP contribution < -0.4 is 0 Å². The number of hydrogen-bond donors (Lipinski definition) is 0. The van der Waals surface area contributed by atoms with Crippen molar-refractivity contribution in [2.45, 2.75) is 25.4 Å². The molecule has 0 amide bonds. The topological polar surface area (TPSA) is 9.23 Å². The van der Waals surface area contributed by atoms with Crippen molar-refractivity contribution in [3.8, 4) is 0 Å². The summed E-state index contributed by atoms with van der Waals surface area (Å²) in [5.41, 5.74) is 0.982. The average Bonchev–Trinajstić information content (AvgIpc) is 3.10. The average molecular weight is 348 g/mol. The molecule has 2 rings (SSSR count). The minimum atomic E-state index is -0.233. The van der Waals surface area contributed by atoms with Gasteiger partial charge in [-0.05, 0) is 37.3 Å². The van der Waals surface area contributed by atoms with Gasteiger partial charge >= 0.3 is 0 Å². The van der Waals surface area contributed by atoms with Crippen LogP contribution in [-0.2, 0) is 10.3 Å². The minimum absolute atomic E-state index is 0.233. The normalized spacial score (nSPS) is 19.4. The highest BCUT2D eigenvalue weighted by Gasteiger charge is 2.31. The van der Waals surface area contributed by atoms with Crippen molar-refractivity contribution in [2.24, 2.45) is 5.92 Å². The number of ether oxygens (including phenoxy) is 1. The van der Waals surface area contributed by atoms with E-state index in [9.17, 15) is 0 Å². The molecule has 0 saturated heterocycles. The van der Waals surface area contributed by atoms with E-state index in [2.05, 4.69) is 57.0 Å². The van der Waals surface area contributed by atoms with Gasteiger partial charge in [-0.3, -0.25) is 0 Å². The molecule has 88 valence electrons. The predicted octanol–water partition coefficient (Wildman–Crippen LogP) is 4.49. The van der Waals surface area contributed by atoms with E-state index >= 15 is 0 Å². The SMILES string of the molecule is CC(CBr)(OCC1CC1)c1ccccc1Br. The fourth-order valence-corrected chi connectivity index (χ4v) is 2.83. The molecule has 1 aromatic rings. The van der Waals surface area contributed by atoms with E-state index in [1.807, 2.05) is 6.07 Å². The third kappa shape index (κ3) is 2.88. The Kier molecular flexibility index (Phi) is 4.09. The molecule has 1 fully saturated rings. The summed E-state index contributed by atoms with van der Waals surface area (Å²) in [4.78, 5) is 0. The van der Waals surface area contributed by atoms with Gasteiger partial charge in [0, 0.05) is 9.80 Å². The molecule has 0 radical (unpaired) electrons. The summed E-state index contributed by atoms with van der Waals surface area (Å²) in [7, 11) is 0. The van der Waals surface area contributed by atoms with Crippen molar-refractivity contribution in [3.05, 3.63) is 34.3 Å². The van der Waals surface area contributed by atoms with Gasteiger partial charge in [0.25, 0.3) is 0 Å². The fourth-order valence-electron chi connectivity index (χ4n) is 1.66. The number of benzene rings is 1. The van der Waals surface area contributed by atoms with Crippen LogP contribution in [0.25, 0.3) is 0 Å². The molecule has 16 heavy (non-hydrogen) atoms. The van der Waals surface area contributed by atoms with E-state index in [-0.39, 0.29) is 5.60 Å². The van der Waals surface area contributed by atoms with E-state index in [1.165, 1.54) is 18.4 Å². The molecule has 0 spiro atoms. The fraction of sp³-hybridized carbons (Fsp3) is 0.538. The monoisotopic (exact) mass is 346 g/mol. The summed E-state index contributed by atoms with van der Waals surface area (Å²) >= 11 is 7.16. The van der Waals surface area contributed by atoms with E-state index in [1.54, 1.807) is 0 Å². The maximum atomic E-state index is 6.09. The Labute approximate surface area is 114 Å². The first kappa shape index (κ1) is 12.6. The Morgan fingerprint density at radius 3 is 2.62 bits per heavy atom. The highest BCUT2D eigenvalue weighted by atomic mass is 79.9. The maximum absolute atomic E-state index is 6.09. The standard InChI is InChI=1S/C13H16Br2O/c1-13(9-14,16-8-10-6-7-10)11-4-2-3-5-12(11)15/h2-5,10H,6-9H2,1H3. The molecule has 1 saturated carbocycles. The third-order valence-electron chi connectivity index (χ3n) is 3.03. The first-order valence-corrected chi connectivity index (χ1v) is 7.52. The molecule has 0 bridgehead atoms. The van der Waals surface area contributed by atoms with Gasteiger partial charge in [-0.15, -0.1) is 0 Å². The van der Waals surface area contributed by atoms with Crippen molar-refractivity contribution in [1.29, 1.82) is 0 Å². The van der Waals surface area contributed by atoms with Gasteiger partial charge in [0.05, 0.1) is 6.61 Å². The second kappa shape index (κ2) is 5.19. The Morgan fingerprint density at radius 1 is 1.38 bits per heavy atom. The minimum Gasteiger partial charge on any atom is -0.369 e. The Balaban J connectivity index is 2.15. The lowest BCUT2D eigenvalue weighted by atomic mass is 9.98.